The van der Waals surface area contributed by atoms with E-state index in [1.165, 1.54) is 77.0 Å². The minimum absolute atomic E-state index is 0.679. The first-order valence-corrected chi connectivity index (χ1v) is 9.99. The van der Waals surface area contributed by atoms with Crippen LogP contribution in [0.1, 0.15) is 90.9 Å². The Morgan fingerprint density at radius 3 is 1.86 bits per heavy atom. The first-order chi connectivity index (χ1) is 10.8. The van der Waals surface area contributed by atoms with Gasteiger partial charge >= 0.3 is 0 Å². The molecule has 22 heavy (non-hydrogen) atoms. The lowest BCUT2D eigenvalue weighted by molar-refractivity contribution is 0.294. The van der Waals surface area contributed by atoms with E-state index in [2.05, 4.69) is 37.8 Å². The summed E-state index contributed by atoms with van der Waals surface area (Å²) in [4.78, 5) is 0. The maximum absolute atomic E-state index is 3.52. The van der Waals surface area contributed by atoms with Crippen LogP contribution in [0.25, 0.3) is 0 Å². The van der Waals surface area contributed by atoms with Crippen molar-refractivity contribution in [3.8, 4) is 11.8 Å². The van der Waals surface area contributed by atoms with Crippen molar-refractivity contribution in [1.29, 1.82) is 0 Å². The maximum atomic E-state index is 3.52. The standard InChI is InChI=1S/C22H36/c1-3-7-19-11-15-21(16-12-19)9-5-6-10-22-17-13-20(8-4-2)14-18-22/h5,9,19-22H,3-4,7-8,11-18H2,1-2H3/t19-,20-,21-,22-. The molecule has 2 fully saturated rings. The Morgan fingerprint density at radius 2 is 1.32 bits per heavy atom. The summed E-state index contributed by atoms with van der Waals surface area (Å²) in [6.07, 6.45) is 21.3. The highest BCUT2D eigenvalue weighted by atomic mass is 14.2. The lowest BCUT2D eigenvalue weighted by atomic mass is 9.80. The van der Waals surface area contributed by atoms with Gasteiger partial charge in [0.25, 0.3) is 0 Å². The largest absolute Gasteiger partial charge is 0.0951 e. The van der Waals surface area contributed by atoms with Crippen molar-refractivity contribution in [3.05, 3.63) is 12.2 Å². The first kappa shape index (κ1) is 17.7. The second-order valence-electron chi connectivity index (χ2n) is 7.72. The van der Waals surface area contributed by atoms with Gasteiger partial charge in [0, 0.05) is 5.92 Å². The Bertz CT molecular complexity index is 365. The monoisotopic (exact) mass is 300 g/mol. The number of hydrogen-bond donors (Lipinski definition) is 0. The zero-order valence-electron chi connectivity index (χ0n) is 14.9. The van der Waals surface area contributed by atoms with Gasteiger partial charge in [-0.15, -0.1) is 0 Å². The van der Waals surface area contributed by atoms with E-state index in [0.717, 1.165) is 17.8 Å². The zero-order chi connectivity index (χ0) is 15.6. The van der Waals surface area contributed by atoms with Gasteiger partial charge in [0.05, 0.1) is 0 Å². The number of rotatable bonds is 5. The maximum Gasteiger partial charge on any atom is 0.0206 e. The first-order valence-electron chi connectivity index (χ1n) is 9.99. The van der Waals surface area contributed by atoms with Crippen LogP contribution in [-0.4, -0.2) is 0 Å². The Kier molecular flexibility index (Phi) is 8.14. The summed E-state index contributed by atoms with van der Waals surface area (Å²) < 4.78 is 0. The molecule has 0 spiro atoms. The lowest BCUT2D eigenvalue weighted by Gasteiger charge is -2.26. The Hall–Kier alpha value is -0.700. The van der Waals surface area contributed by atoms with Gasteiger partial charge in [0.1, 0.15) is 0 Å². The minimum atomic E-state index is 0.679. The molecular formula is C22H36. The fourth-order valence-electron chi connectivity index (χ4n) is 4.43. The third-order valence-corrected chi connectivity index (χ3v) is 5.87. The molecule has 0 amide bonds. The van der Waals surface area contributed by atoms with Gasteiger partial charge in [-0.2, -0.15) is 0 Å². The average Bonchev–Trinajstić information content (AvgIpc) is 2.55. The van der Waals surface area contributed by atoms with Crippen molar-refractivity contribution in [3.63, 3.8) is 0 Å². The van der Waals surface area contributed by atoms with Crippen molar-refractivity contribution in [1.82, 2.24) is 0 Å². The van der Waals surface area contributed by atoms with Gasteiger partial charge in [-0.05, 0) is 75.2 Å². The molecule has 2 rings (SSSR count). The van der Waals surface area contributed by atoms with E-state index in [-0.39, 0.29) is 0 Å². The van der Waals surface area contributed by atoms with Crippen LogP contribution in [0.4, 0.5) is 0 Å². The van der Waals surface area contributed by atoms with E-state index in [1.807, 2.05) is 0 Å². The van der Waals surface area contributed by atoms with Crippen LogP contribution in [0.2, 0.25) is 0 Å². The van der Waals surface area contributed by atoms with Crippen LogP contribution in [0.15, 0.2) is 12.2 Å². The predicted octanol–water partition coefficient (Wildman–Crippen LogP) is 6.76. The molecule has 0 saturated heterocycles. The molecule has 2 saturated carbocycles. The zero-order valence-corrected chi connectivity index (χ0v) is 14.9. The molecule has 0 N–H and O–H groups in total. The number of allylic oxidation sites excluding steroid dienone is 2. The van der Waals surface area contributed by atoms with Crippen LogP contribution in [0.5, 0.6) is 0 Å². The molecule has 0 heterocycles. The SMILES string of the molecule is CCC[C@H]1CC[C@H](C#CC=C[C@H]2CC[C@H](CCC)CC2)CC1. The Labute approximate surface area is 139 Å². The molecular weight excluding hydrogens is 264 g/mol. The van der Waals surface area contributed by atoms with Gasteiger partial charge in [-0.3, -0.25) is 0 Å². The second-order valence-corrected chi connectivity index (χ2v) is 7.72. The van der Waals surface area contributed by atoms with Crippen molar-refractivity contribution in [2.45, 2.75) is 90.9 Å². The summed E-state index contributed by atoms with van der Waals surface area (Å²) in [6.45, 7) is 4.63. The normalized spacial score (nSPS) is 32.6. The Balaban J connectivity index is 1.64. The third-order valence-electron chi connectivity index (χ3n) is 5.87. The predicted molar refractivity (Wildman–Crippen MR) is 97.6 cm³/mol. The van der Waals surface area contributed by atoms with E-state index in [4.69, 9.17) is 0 Å². The third kappa shape index (κ3) is 6.20. The van der Waals surface area contributed by atoms with Crippen LogP contribution < -0.4 is 0 Å². The molecule has 0 aromatic rings. The summed E-state index contributed by atoms with van der Waals surface area (Å²) in [7, 11) is 0. The number of hydrogen-bond acceptors (Lipinski definition) is 0. The van der Waals surface area contributed by atoms with E-state index >= 15 is 0 Å². The average molecular weight is 301 g/mol. The van der Waals surface area contributed by atoms with E-state index in [9.17, 15) is 0 Å². The van der Waals surface area contributed by atoms with Crippen molar-refractivity contribution >= 4 is 0 Å². The van der Waals surface area contributed by atoms with E-state index in [0.29, 0.717) is 5.92 Å². The van der Waals surface area contributed by atoms with Crippen LogP contribution in [-0.2, 0) is 0 Å². The fourth-order valence-corrected chi connectivity index (χ4v) is 4.43. The molecule has 0 bridgehead atoms. The fraction of sp³-hybridized carbons (Fsp3) is 0.818. The molecule has 0 aromatic heterocycles. The molecule has 0 radical (unpaired) electrons. The smallest absolute Gasteiger partial charge is 0.0206 e. The topological polar surface area (TPSA) is 0 Å². The minimum Gasteiger partial charge on any atom is -0.0951 e. The van der Waals surface area contributed by atoms with Gasteiger partial charge in [0.2, 0.25) is 0 Å². The highest BCUT2D eigenvalue weighted by Gasteiger charge is 2.19. The molecule has 0 nitrogen and oxygen atoms in total. The molecule has 0 unspecified atom stereocenters. The van der Waals surface area contributed by atoms with Gasteiger partial charge in [-0.1, -0.05) is 57.4 Å². The molecule has 0 aliphatic heterocycles. The second kappa shape index (κ2) is 10.1. The lowest BCUT2D eigenvalue weighted by Crippen LogP contribution is -2.13. The highest BCUT2D eigenvalue weighted by Crippen LogP contribution is 2.32. The van der Waals surface area contributed by atoms with Crippen LogP contribution in [0, 0.1) is 35.5 Å². The quantitative estimate of drug-likeness (QED) is 0.492. The highest BCUT2D eigenvalue weighted by molar-refractivity contribution is 5.18. The molecule has 0 heteroatoms. The molecule has 124 valence electrons. The molecule has 2 aliphatic rings. The molecule has 2 aliphatic carbocycles. The van der Waals surface area contributed by atoms with E-state index in [1.54, 1.807) is 0 Å². The summed E-state index contributed by atoms with van der Waals surface area (Å²) in [5.74, 6) is 10.4. The Morgan fingerprint density at radius 1 is 0.773 bits per heavy atom. The van der Waals surface area contributed by atoms with Crippen molar-refractivity contribution in [2.75, 3.05) is 0 Å². The van der Waals surface area contributed by atoms with E-state index < -0.39 is 0 Å². The molecule has 0 atom stereocenters. The van der Waals surface area contributed by atoms with Gasteiger partial charge in [-0.25, -0.2) is 0 Å². The van der Waals surface area contributed by atoms with Crippen LogP contribution in [0.3, 0.4) is 0 Å². The van der Waals surface area contributed by atoms with Crippen molar-refractivity contribution < 1.29 is 0 Å². The van der Waals surface area contributed by atoms with Gasteiger partial charge < -0.3 is 0 Å². The summed E-state index contributed by atoms with van der Waals surface area (Å²) in [6, 6.07) is 0. The summed E-state index contributed by atoms with van der Waals surface area (Å²) in [5.41, 5.74) is 0. The van der Waals surface area contributed by atoms with Crippen molar-refractivity contribution in [2.24, 2.45) is 23.7 Å². The van der Waals surface area contributed by atoms with Gasteiger partial charge in [0.15, 0.2) is 0 Å². The molecule has 0 aromatic carbocycles. The van der Waals surface area contributed by atoms with Crippen LogP contribution >= 0.6 is 0 Å². The summed E-state index contributed by atoms with van der Waals surface area (Å²) >= 11 is 0. The summed E-state index contributed by atoms with van der Waals surface area (Å²) in [5, 5.41) is 0.